The Morgan fingerprint density at radius 3 is 2.28 bits per heavy atom. The Bertz CT molecular complexity index is 2130. The number of aliphatic imine (C=N–C) groups is 1. The van der Waals surface area contributed by atoms with Gasteiger partial charge in [0, 0.05) is 25.7 Å². The molecule has 3 amide bonds. The van der Waals surface area contributed by atoms with Crippen molar-refractivity contribution in [1.29, 1.82) is 0 Å². The molecule has 6 rings (SSSR count). The first-order valence-electron chi connectivity index (χ1n) is 19.1. The Morgan fingerprint density at radius 2 is 1.64 bits per heavy atom. The number of likely N-dealkylation sites (tertiary alicyclic amines) is 1. The Hall–Kier alpha value is -6.81. The minimum atomic E-state index is -0.909. The number of carbonyl (C=O) groups excluding carboxylic acids is 3. The van der Waals surface area contributed by atoms with Crippen molar-refractivity contribution < 1.29 is 19.1 Å². The van der Waals surface area contributed by atoms with E-state index in [1.807, 2.05) is 43.4 Å². The van der Waals surface area contributed by atoms with E-state index >= 15 is 0 Å². The van der Waals surface area contributed by atoms with Gasteiger partial charge in [0.25, 0.3) is 5.91 Å². The second-order valence-electron chi connectivity index (χ2n) is 13.7. The molecule has 0 unspecified atom stereocenters. The Kier molecular flexibility index (Phi) is 14.4. The molecule has 1 aliphatic rings. The lowest BCUT2D eigenvalue weighted by molar-refractivity contribution is -0.134. The van der Waals surface area contributed by atoms with Crippen LogP contribution in [0.3, 0.4) is 0 Å². The SMILES string of the molecule is C=N/C=C(\NC[C@H](CCCNC=O)[C@H](NC)c1ccccc1)c1cnc(-c2cnc(-c3cnc([C@@H]4CCCN4C(=O)[C@H](NC(=O)OC)c4ccccc4)[nH]3)cn2)cn1. The second kappa shape index (κ2) is 20.4. The van der Waals surface area contributed by atoms with Crippen LogP contribution in [0.2, 0.25) is 0 Å². The highest BCUT2D eigenvalue weighted by molar-refractivity contribution is 5.87. The van der Waals surface area contributed by atoms with Crippen molar-refractivity contribution in [3.05, 3.63) is 120 Å². The van der Waals surface area contributed by atoms with E-state index in [4.69, 9.17) is 4.74 Å². The number of alkyl carbamates (subject to hydrolysis) is 1. The summed E-state index contributed by atoms with van der Waals surface area (Å²) in [5, 5.41) is 12.4. The number of carbonyl (C=O) groups is 3. The average Bonchev–Trinajstić information content (AvgIpc) is 3.97. The molecule has 0 saturated carbocycles. The van der Waals surface area contributed by atoms with E-state index in [-0.39, 0.29) is 23.9 Å². The molecule has 58 heavy (non-hydrogen) atoms. The highest BCUT2D eigenvalue weighted by Gasteiger charge is 2.37. The van der Waals surface area contributed by atoms with Crippen molar-refractivity contribution in [3.8, 4) is 22.8 Å². The van der Waals surface area contributed by atoms with Crippen LogP contribution in [0.4, 0.5) is 4.79 Å². The van der Waals surface area contributed by atoms with Crippen molar-refractivity contribution in [1.82, 2.24) is 56.1 Å². The molecule has 4 heterocycles. The number of hydrogen-bond acceptors (Lipinski definition) is 12. The normalized spacial score (nSPS) is 15.5. The summed E-state index contributed by atoms with van der Waals surface area (Å²) in [5.41, 5.74) is 5.36. The smallest absolute Gasteiger partial charge is 0.407 e. The highest BCUT2D eigenvalue weighted by Crippen LogP contribution is 2.34. The van der Waals surface area contributed by atoms with Gasteiger partial charge < -0.3 is 35.9 Å². The van der Waals surface area contributed by atoms with Crippen LogP contribution >= 0.6 is 0 Å². The summed E-state index contributed by atoms with van der Waals surface area (Å²) in [5.74, 6) is 0.539. The van der Waals surface area contributed by atoms with Gasteiger partial charge in [0.15, 0.2) is 0 Å². The molecule has 300 valence electrons. The number of H-pyrrole nitrogens is 1. The predicted molar refractivity (Wildman–Crippen MR) is 220 cm³/mol. The molecular formula is C42H48N12O4. The van der Waals surface area contributed by atoms with Crippen LogP contribution in [0.15, 0.2) is 103 Å². The van der Waals surface area contributed by atoms with E-state index in [1.54, 1.807) is 54.2 Å². The lowest BCUT2D eigenvalue weighted by Gasteiger charge is -2.28. The van der Waals surface area contributed by atoms with Crippen molar-refractivity contribution in [3.63, 3.8) is 0 Å². The first kappa shape index (κ1) is 40.8. The molecule has 3 aromatic heterocycles. The number of amides is 3. The number of aromatic nitrogens is 6. The maximum atomic E-state index is 13.9. The fourth-order valence-corrected chi connectivity index (χ4v) is 7.21. The second-order valence-corrected chi connectivity index (χ2v) is 13.7. The van der Waals surface area contributed by atoms with Gasteiger partial charge in [-0.2, -0.15) is 0 Å². The van der Waals surface area contributed by atoms with Gasteiger partial charge in [-0.05, 0) is 56.5 Å². The fraction of sp³-hybridized carbons (Fsp3) is 0.310. The van der Waals surface area contributed by atoms with Crippen LogP contribution in [0.5, 0.6) is 0 Å². The van der Waals surface area contributed by atoms with Crippen molar-refractivity contribution in [2.24, 2.45) is 10.9 Å². The maximum absolute atomic E-state index is 13.9. The van der Waals surface area contributed by atoms with E-state index in [9.17, 15) is 14.4 Å². The Balaban J connectivity index is 1.12. The van der Waals surface area contributed by atoms with Gasteiger partial charge in [0.2, 0.25) is 6.41 Å². The van der Waals surface area contributed by atoms with Crippen LogP contribution < -0.4 is 21.3 Å². The number of rotatable bonds is 19. The molecule has 1 aliphatic heterocycles. The molecule has 2 aromatic carbocycles. The molecule has 0 aliphatic carbocycles. The lowest BCUT2D eigenvalue weighted by Crippen LogP contribution is -2.42. The minimum Gasteiger partial charge on any atom is -0.453 e. The maximum Gasteiger partial charge on any atom is 0.407 e. The van der Waals surface area contributed by atoms with Crippen LogP contribution in [0, 0.1) is 5.92 Å². The number of nitrogens with zero attached hydrogens (tertiary/aromatic N) is 7. The molecule has 1 saturated heterocycles. The zero-order chi connectivity index (χ0) is 40.7. The standard InChI is InChI=1S/C42H48N12O4/c1-43-21-31(46-20-30(16-10-18-45-27-55)38(44-2)28-12-6-4-7-13-28)32-22-48-33(23-47-32)34-24-50-35(25-49-34)36-26-51-40(52-36)37-17-11-19-54(37)41(56)39(53-42(57)58-3)29-14-8-5-9-15-29/h4-9,12-15,21-27,30,37-39,44,46H,1,10-11,16-20H2,2-3H3,(H,45,55)(H,51,52)(H,53,57)/b31-21-/t30-,37-,38+,39+/m0/s1. The molecule has 0 bridgehead atoms. The third kappa shape index (κ3) is 10.1. The highest BCUT2D eigenvalue weighted by atomic mass is 16.5. The number of hydrogen-bond donors (Lipinski definition) is 5. The van der Waals surface area contributed by atoms with Crippen LogP contribution in [0.25, 0.3) is 28.5 Å². The zero-order valence-electron chi connectivity index (χ0n) is 32.5. The molecule has 5 aromatic rings. The fourth-order valence-electron chi connectivity index (χ4n) is 7.21. The Labute approximate surface area is 337 Å². The molecule has 16 heteroatoms. The molecule has 0 spiro atoms. The van der Waals surface area contributed by atoms with Gasteiger partial charge in [-0.1, -0.05) is 60.7 Å². The number of aromatic amines is 1. The summed E-state index contributed by atoms with van der Waals surface area (Å²) in [6.07, 6.45) is 13.0. The number of nitrogens with one attached hydrogen (secondary N) is 5. The molecule has 4 atom stereocenters. The van der Waals surface area contributed by atoms with E-state index in [0.29, 0.717) is 71.6 Å². The number of imidazole rings is 1. The lowest BCUT2D eigenvalue weighted by atomic mass is 9.89. The van der Waals surface area contributed by atoms with Crippen LogP contribution in [-0.2, 0) is 14.3 Å². The number of methoxy groups -OCH3 is 1. The average molecular weight is 785 g/mol. The van der Waals surface area contributed by atoms with Gasteiger partial charge in [0.1, 0.15) is 34.6 Å². The molecule has 5 N–H and O–H groups in total. The zero-order valence-corrected chi connectivity index (χ0v) is 32.5. The summed E-state index contributed by atoms with van der Waals surface area (Å²) < 4.78 is 4.81. The first-order chi connectivity index (χ1) is 28.4. The van der Waals surface area contributed by atoms with Gasteiger partial charge >= 0.3 is 6.09 Å². The summed E-state index contributed by atoms with van der Waals surface area (Å²) in [6, 6.07) is 18.2. The van der Waals surface area contributed by atoms with E-state index < -0.39 is 12.1 Å². The number of ether oxygens (including phenoxy) is 1. The van der Waals surface area contributed by atoms with Crippen molar-refractivity contribution >= 4 is 30.8 Å². The third-order valence-corrected chi connectivity index (χ3v) is 10.1. The topological polar surface area (TPSA) is 204 Å². The predicted octanol–water partition coefficient (Wildman–Crippen LogP) is 4.78. The van der Waals surface area contributed by atoms with Gasteiger partial charge in [-0.3, -0.25) is 34.5 Å². The van der Waals surface area contributed by atoms with Crippen molar-refractivity contribution in [2.45, 2.75) is 43.8 Å². The summed E-state index contributed by atoms with van der Waals surface area (Å²) in [7, 11) is 3.22. The monoisotopic (exact) mass is 784 g/mol. The summed E-state index contributed by atoms with van der Waals surface area (Å²) in [6.45, 7) is 5.37. The van der Waals surface area contributed by atoms with E-state index in [1.165, 1.54) is 12.7 Å². The summed E-state index contributed by atoms with van der Waals surface area (Å²) >= 11 is 0. The van der Waals surface area contributed by atoms with Gasteiger partial charge in [-0.15, -0.1) is 0 Å². The first-order valence-corrected chi connectivity index (χ1v) is 19.1. The van der Waals surface area contributed by atoms with Crippen LogP contribution in [-0.4, -0.2) is 93.7 Å². The molecular weight excluding hydrogens is 737 g/mol. The van der Waals surface area contributed by atoms with Gasteiger partial charge in [-0.25, -0.2) is 9.78 Å². The molecule has 16 nitrogen and oxygen atoms in total. The molecule has 0 radical (unpaired) electrons. The van der Waals surface area contributed by atoms with E-state index in [0.717, 1.165) is 25.7 Å². The number of benzene rings is 2. The Morgan fingerprint density at radius 1 is 0.948 bits per heavy atom. The molecule has 1 fully saturated rings. The minimum absolute atomic E-state index is 0.0716. The quantitative estimate of drug-likeness (QED) is 0.0438. The van der Waals surface area contributed by atoms with Crippen LogP contribution in [0.1, 0.15) is 66.5 Å². The largest absolute Gasteiger partial charge is 0.453 e. The van der Waals surface area contributed by atoms with Gasteiger partial charge in [0.05, 0.1) is 61.7 Å². The van der Waals surface area contributed by atoms with Crippen molar-refractivity contribution in [2.75, 3.05) is 33.8 Å². The van der Waals surface area contributed by atoms with E-state index in [2.05, 4.69) is 75.0 Å². The summed E-state index contributed by atoms with van der Waals surface area (Å²) in [4.78, 5) is 69.2. The third-order valence-electron chi connectivity index (χ3n) is 10.1.